The first-order chi connectivity index (χ1) is 6.15. The van der Waals surface area contributed by atoms with Crippen LogP contribution in [-0.4, -0.2) is 14.6 Å². The Labute approximate surface area is 84.2 Å². The molecule has 3 nitrogen and oxygen atoms in total. The summed E-state index contributed by atoms with van der Waals surface area (Å²) >= 11 is 3.63. The maximum atomic E-state index is 10.6. The summed E-state index contributed by atoms with van der Waals surface area (Å²) in [5.74, 6) is 0.335. The molecule has 0 aromatic heterocycles. The third-order valence-electron chi connectivity index (χ3n) is 1.68. The van der Waals surface area contributed by atoms with E-state index in [2.05, 4.69) is 0 Å². The molecule has 1 aromatic rings. The monoisotopic (exact) mass is 219 g/mol. The zero-order valence-corrected chi connectivity index (χ0v) is 8.39. The Kier molecular flexibility index (Phi) is 3.87. The van der Waals surface area contributed by atoms with Gasteiger partial charge in [0.15, 0.2) is 11.1 Å². The van der Waals surface area contributed by atoms with Gasteiger partial charge in [-0.3, -0.25) is 0 Å². The van der Waals surface area contributed by atoms with Gasteiger partial charge in [0.2, 0.25) is 0 Å². The lowest BCUT2D eigenvalue weighted by molar-refractivity contribution is 0.564. The van der Waals surface area contributed by atoms with E-state index < -0.39 is 11.1 Å². The molecule has 0 aliphatic rings. The number of hydrogen-bond acceptors (Lipinski definition) is 2. The lowest BCUT2D eigenvalue weighted by Crippen LogP contribution is -2.11. The van der Waals surface area contributed by atoms with Crippen molar-refractivity contribution in [2.24, 2.45) is 5.73 Å². The van der Waals surface area contributed by atoms with Crippen LogP contribution in [0.5, 0.6) is 0 Å². The van der Waals surface area contributed by atoms with Gasteiger partial charge in [-0.25, -0.2) is 4.21 Å². The number of hydrogen-bond donors (Lipinski definition) is 2. The first-order valence-corrected chi connectivity index (χ1v) is 5.31. The highest BCUT2D eigenvalue weighted by Crippen LogP contribution is 2.14. The fourth-order valence-electron chi connectivity index (χ4n) is 0.921. The molecule has 2 atom stereocenters. The topological polar surface area (TPSA) is 63.3 Å². The molecule has 3 N–H and O–H groups in total. The maximum Gasteiger partial charge on any atom is 0.186 e. The van der Waals surface area contributed by atoms with Crippen molar-refractivity contribution >= 4 is 22.7 Å². The van der Waals surface area contributed by atoms with E-state index in [-0.39, 0.29) is 6.04 Å². The Bertz CT molecular complexity index is 302. The van der Waals surface area contributed by atoms with Gasteiger partial charge in [0, 0.05) is 11.9 Å². The first-order valence-electron chi connectivity index (χ1n) is 3.67. The standard InChI is InChI=1S/C8H10ClNO2S/c9-5-8(10)6-1-3-7(4-2-6)13(11)12/h1-4,8H,5,10H2,(H,11,12). The minimum Gasteiger partial charge on any atom is -0.323 e. The quantitative estimate of drug-likeness (QED) is 0.598. The molecule has 1 aromatic carbocycles. The summed E-state index contributed by atoms with van der Waals surface area (Å²) in [6, 6.07) is 6.32. The van der Waals surface area contributed by atoms with Crippen LogP contribution in [0.3, 0.4) is 0 Å². The van der Waals surface area contributed by atoms with Gasteiger partial charge >= 0.3 is 0 Å². The highest BCUT2D eigenvalue weighted by Gasteiger charge is 2.05. The number of rotatable bonds is 3. The van der Waals surface area contributed by atoms with E-state index in [0.29, 0.717) is 10.8 Å². The summed E-state index contributed by atoms with van der Waals surface area (Å²) in [4.78, 5) is 0.366. The van der Waals surface area contributed by atoms with Gasteiger partial charge in [0.25, 0.3) is 0 Å². The highest BCUT2D eigenvalue weighted by atomic mass is 35.5. The van der Waals surface area contributed by atoms with Crippen molar-refractivity contribution in [3.63, 3.8) is 0 Å². The van der Waals surface area contributed by atoms with Crippen molar-refractivity contribution in [1.29, 1.82) is 0 Å². The molecule has 0 fully saturated rings. The van der Waals surface area contributed by atoms with E-state index in [1.54, 1.807) is 24.3 Å². The molecule has 2 unspecified atom stereocenters. The molecule has 13 heavy (non-hydrogen) atoms. The predicted octanol–water partition coefficient (Wildman–Crippen LogP) is 1.51. The van der Waals surface area contributed by atoms with E-state index >= 15 is 0 Å². The molecule has 0 aliphatic heterocycles. The third kappa shape index (κ3) is 2.77. The fourth-order valence-corrected chi connectivity index (χ4v) is 1.47. The molecule has 0 saturated heterocycles. The average molecular weight is 220 g/mol. The second kappa shape index (κ2) is 4.72. The summed E-state index contributed by atoms with van der Waals surface area (Å²) in [5.41, 5.74) is 6.52. The van der Waals surface area contributed by atoms with Gasteiger partial charge < -0.3 is 10.3 Å². The van der Waals surface area contributed by atoms with Crippen LogP contribution >= 0.6 is 11.6 Å². The third-order valence-corrected chi connectivity index (χ3v) is 2.68. The molecule has 0 spiro atoms. The summed E-state index contributed by atoms with van der Waals surface area (Å²) in [6.07, 6.45) is 0. The van der Waals surface area contributed by atoms with Gasteiger partial charge in [-0.2, -0.15) is 0 Å². The Morgan fingerprint density at radius 2 is 2.00 bits per heavy atom. The van der Waals surface area contributed by atoms with E-state index in [1.165, 1.54) is 0 Å². The maximum absolute atomic E-state index is 10.6. The van der Waals surface area contributed by atoms with Crippen molar-refractivity contribution in [2.75, 3.05) is 5.88 Å². The summed E-state index contributed by atoms with van der Waals surface area (Å²) in [5, 5.41) is 0. The molecular formula is C8H10ClNO2S. The molecule has 0 heterocycles. The van der Waals surface area contributed by atoms with E-state index in [1.807, 2.05) is 0 Å². The zero-order valence-electron chi connectivity index (χ0n) is 6.81. The molecule has 72 valence electrons. The molecule has 0 amide bonds. The van der Waals surface area contributed by atoms with Crippen molar-refractivity contribution in [1.82, 2.24) is 0 Å². The number of alkyl halides is 1. The number of halogens is 1. The summed E-state index contributed by atoms with van der Waals surface area (Å²) in [6.45, 7) is 0. The van der Waals surface area contributed by atoms with Crippen molar-refractivity contribution in [3.8, 4) is 0 Å². The van der Waals surface area contributed by atoms with Crippen LogP contribution in [0.1, 0.15) is 11.6 Å². The summed E-state index contributed by atoms with van der Waals surface area (Å²) < 4.78 is 19.3. The van der Waals surface area contributed by atoms with Crippen molar-refractivity contribution in [3.05, 3.63) is 29.8 Å². The molecule has 0 aliphatic carbocycles. The lowest BCUT2D eigenvalue weighted by Gasteiger charge is -2.07. The Balaban J connectivity index is 2.87. The minimum absolute atomic E-state index is 0.220. The van der Waals surface area contributed by atoms with Gasteiger partial charge in [-0.15, -0.1) is 11.6 Å². The SMILES string of the molecule is NC(CCl)c1ccc(S(=O)O)cc1. The largest absolute Gasteiger partial charge is 0.323 e. The second-order valence-corrected chi connectivity index (χ2v) is 3.86. The molecule has 0 bridgehead atoms. The molecule has 5 heteroatoms. The average Bonchev–Trinajstić information content (AvgIpc) is 2.17. The van der Waals surface area contributed by atoms with E-state index in [0.717, 1.165) is 5.56 Å². The smallest absolute Gasteiger partial charge is 0.186 e. The molecule has 0 radical (unpaired) electrons. The van der Waals surface area contributed by atoms with Crippen molar-refractivity contribution < 1.29 is 8.76 Å². The number of nitrogens with two attached hydrogens (primary N) is 1. The van der Waals surface area contributed by atoms with Gasteiger partial charge in [0.05, 0.1) is 4.90 Å². The van der Waals surface area contributed by atoms with Gasteiger partial charge in [0.1, 0.15) is 0 Å². The second-order valence-electron chi connectivity index (χ2n) is 2.58. The minimum atomic E-state index is -1.93. The van der Waals surface area contributed by atoms with E-state index in [4.69, 9.17) is 21.9 Å². The van der Waals surface area contributed by atoms with Crippen LogP contribution < -0.4 is 5.73 Å². The van der Waals surface area contributed by atoms with Crippen LogP contribution in [0.15, 0.2) is 29.2 Å². The Morgan fingerprint density at radius 3 is 2.38 bits per heavy atom. The van der Waals surface area contributed by atoms with Gasteiger partial charge in [-0.1, -0.05) is 12.1 Å². The molecule has 0 saturated carbocycles. The van der Waals surface area contributed by atoms with Crippen LogP contribution in [-0.2, 0) is 11.1 Å². The van der Waals surface area contributed by atoms with Crippen LogP contribution in [0.4, 0.5) is 0 Å². The fraction of sp³-hybridized carbons (Fsp3) is 0.250. The molecular weight excluding hydrogens is 210 g/mol. The van der Waals surface area contributed by atoms with Crippen molar-refractivity contribution in [2.45, 2.75) is 10.9 Å². The molecule has 1 rings (SSSR count). The van der Waals surface area contributed by atoms with Crippen LogP contribution in [0.2, 0.25) is 0 Å². The predicted molar refractivity (Wildman–Crippen MR) is 53.1 cm³/mol. The van der Waals surface area contributed by atoms with Crippen LogP contribution in [0, 0.1) is 0 Å². The first kappa shape index (κ1) is 10.7. The lowest BCUT2D eigenvalue weighted by atomic mass is 10.1. The summed E-state index contributed by atoms with van der Waals surface area (Å²) in [7, 11) is 0. The Hall–Kier alpha value is -0.420. The van der Waals surface area contributed by atoms with Crippen LogP contribution in [0.25, 0.3) is 0 Å². The highest BCUT2D eigenvalue weighted by molar-refractivity contribution is 7.79. The normalized spacial score (nSPS) is 15.3. The zero-order chi connectivity index (χ0) is 9.84. The van der Waals surface area contributed by atoms with E-state index in [9.17, 15) is 4.21 Å². The Morgan fingerprint density at radius 1 is 1.46 bits per heavy atom. The van der Waals surface area contributed by atoms with Gasteiger partial charge in [-0.05, 0) is 17.7 Å². The number of benzene rings is 1.